The molecule has 0 saturated carbocycles. The molecule has 2 N–H and O–H groups in total. The minimum atomic E-state index is 0. The number of guanidine groups is 1. The molecule has 1 aromatic rings. The van der Waals surface area contributed by atoms with Crippen molar-refractivity contribution in [3.63, 3.8) is 0 Å². The molecule has 6 nitrogen and oxygen atoms in total. The molecule has 2 unspecified atom stereocenters. The van der Waals surface area contributed by atoms with Crippen molar-refractivity contribution in [2.24, 2.45) is 4.99 Å². The predicted molar refractivity (Wildman–Crippen MR) is 113 cm³/mol. The highest BCUT2D eigenvalue weighted by Gasteiger charge is 2.24. The molecule has 0 aromatic heterocycles. The van der Waals surface area contributed by atoms with E-state index in [4.69, 9.17) is 21.1 Å². The summed E-state index contributed by atoms with van der Waals surface area (Å²) in [6, 6.07) is 8.36. The van der Waals surface area contributed by atoms with Crippen molar-refractivity contribution in [1.82, 2.24) is 10.6 Å². The van der Waals surface area contributed by atoms with Gasteiger partial charge in [-0.3, -0.25) is 4.99 Å². The van der Waals surface area contributed by atoms with Gasteiger partial charge in [0.25, 0.3) is 0 Å². The van der Waals surface area contributed by atoms with E-state index in [0.717, 1.165) is 30.5 Å². The molecule has 25 heavy (non-hydrogen) atoms. The van der Waals surface area contributed by atoms with Crippen LogP contribution in [0.15, 0.2) is 29.3 Å². The number of anilines is 1. The lowest BCUT2D eigenvalue weighted by Gasteiger charge is -2.25. The average molecular weight is 481 g/mol. The summed E-state index contributed by atoms with van der Waals surface area (Å²) in [7, 11) is 1.79. The number of benzene rings is 1. The van der Waals surface area contributed by atoms with Gasteiger partial charge in [-0.2, -0.15) is 0 Å². The summed E-state index contributed by atoms with van der Waals surface area (Å²) < 4.78 is 11.0. The molecule has 8 heteroatoms. The van der Waals surface area contributed by atoms with E-state index >= 15 is 0 Å². The van der Waals surface area contributed by atoms with E-state index in [1.165, 1.54) is 5.69 Å². The third-order valence-electron chi connectivity index (χ3n) is 4.31. The first kappa shape index (κ1) is 20.5. The lowest BCUT2D eigenvalue weighted by Crippen LogP contribution is -2.48. The molecule has 2 fully saturated rings. The second kappa shape index (κ2) is 10.4. The second-order valence-corrected chi connectivity index (χ2v) is 6.51. The molecule has 0 aliphatic carbocycles. The number of rotatable bonds is 4. The Kier molecular flexibility index (Phi) is 8.54. The third-order valence-corrected chi connectivity index (χ3v) is 4.54. The van der Waals surface area contributed by atoms with Crippen molar-refractivity contribution in [2.75, 3.05) is 51.4 Å². The van der Waals surface area contributed by atoms with Crippen molar-refractivity contribution >= 4 is 47.2 Å². The Balaban J connectivity index is 0.00000225. The van der Waals surface area contributed by atoms with Gasteiger partial charge in [-0.15, -0.1) is 24.0 Å². The fraction of sp³-hybridized carbons (Fsp3) is 0.588. The molecular weight excluding hydrogens is 455 g/mol. The number of aliphatic imine (C=N–C) groups is 1. The average Bonchev–Trinajstić information content (AvgIpc) is 3.08. The number of halogens is 2. The predicted octanol–water partition coefficient (Wildman–Crippen LogP) is 2.12. The summed E-state index contributed by atoms with van der Waals surface area (Å²) in [6.07, 6.45) is 1.15. The Morgan fingerprint density at radius 2 is 2.28 bits per heavy atom. The molecule has 0 radical (unpaired) electrons. The summed E-state index contributed by atoms with van der Waals surface area (Å²) in [4.78, 5) is 6.65. The molecule has 2 heterocycles. The van der Waals surface area contributed by atoms with Crippen molar-refractivity contribution in [3.05, 3.63) is 29.3 Å². The van der Waals surface area contributed by atoms with Crippen LogP contribution in [-0.2, 0) is 9.47 Å². The summed E-state index contributed by atoms with van der Waals surface area (Å²) in [6.45, 7) is 4.62. The van der Waals surface area contributed by atoms with Gasteiger partial charge in [-0.25, -0.2) is 0 Å². The molecule has 140 valence electrons. The van der Waals surface area contributed by atoms with E-state index in [1.807, 2.05) is 18.2 Å². The van der Waals surface area contributed by atoms with Gasteiger partial charge in [0.1, 0.15) is 0 Å². The van der Waals surface area contributed by atoms with Gasteiger partial charge in [-0.05, 0) is 24.6 Å². The number of nitrogens with zero attached hydrogens (tertiary/aromatic N) is 2. The van der Waals surface area contributed by atoms with Crippen LogP contribution >= 0.6 is 35.6 Å². The van der Waals surface area contributed by atoms with Crippen molar-refractivity contribution in [2.45, 2.75) is 18.6 Å². The van der Waals surface area contributed by atoms with Gasteiger partial charge in [0.05, 0.1) is 25.9 Å². The molecule has 0 bridgehead atoms. The fourth-order valence-electron chi connectivity index (χ4n) is 3.04. The molecule has 2 saturated heterocycles. The number of nitrogens with one attached hydrogen (secondary N) is 2. The van der Waals surface area contributed by atoms with Gasteiger partial charge in [-0.1, -0.05) is 17.7 Å². The van der Waals surface area contributed by atoms with Crippen molar-refractivity contribution < 1.29 is 9.47 Å². The third kappa shape index (κ3) is 6.16. The highest BCUT2D eigenvalue weighted by molar-refractivity contribution is 14.0. The van der Waals surface area contributed by atoms with Crippen LogP contribution < -0.4 is 15.5 Å². The number of hydrogen-bond acceptors (Lipinski definition) is 4. The zero-order valence-corrected chi connectivity index (χ0v) is 17.5. The Bertz CT molecular complexity index is 569. The van der Waals surface area contributed by atoms with Crippen LogP contribution in [0.3, 0.4) is 0 Å². The van der Waals surface area contributed by atoms with Crippen LogP contribution in [-0.4, -0.2) is 64.6 Å². The van der Waals surface area contributed by atoms with Gasteiger partial charge in [0.15, 0.2) is 5.96 Å². The van der Waals surface area contributed by atoms with Crippen molar-refractivity contribution in [1.29, 1.82) is 0 Å². The lowest BCUT2D eigenvalue weighted by atomic mass is 10.2. The van der Waals surface area contributed by atoms with Gasteiger partial charge in [0, 0.05) is 43.4 Å². The molecule has 0 spiro atoms. The quantitative estimate of drug-likeness (QED) is 0.393. The van der Waals surface area contributed by atoms with Crippen LogP contribution in [0.2, 0.25) is 5.02 Å². The van der Waals surface area contributed by atoms with E-state index in [9.17, 15) is 0 Å². The zero-order chi connectivity index (χ0) is 16.8. The van der Waals surface area contributed by atoms with Gasteiger partial charge in [0.2, 0.25) is 0 Å². The van der Waals surface area contributed by atoms with Crippen molar-refractivity contribution in [3.8, 4) is 0 Å². The highest BCUT2D eigenvalue weighted by atomic mass is 127. The minimum absolute atomic E-state index is 0. The van der Waals surface area contributed by atoms with E-state index in [-0.39, 0.29) is 30.1 Å². The largest absolute Gasteiger partial charge is 0.376 e. The first-order valence-electron chi connectivity index (χ1n) is 8.41. The molecular formula is C17H26ClIN4O2. The van der Waals surface area contributed by atoms with E-state index in [0.29, 0.717) is 32.4 Å². The van der Waals surface area contributed by atoms with Crippen LogP contribution in [0.1, 0.15) is 6.42 Å². The maximum Gasteiger partial charge on any atom is 0.191 e. The Morgan fingerprint density at radius 1 is 1.40 bits per heavy atom. The molecule has 0 amide bonds. The summed E-state index contributed by atoms with van der Waals surface area (Å²) in [5, 5.41) is 7.59. The van der Waals surface area contributed by atoms with Crippen LogP contribution in [0.4, 0.5) is 5.69 Å². The van der Waals surface area contributed by atoms with E-state index in [1.54, 1.807) is 7.05 Å². The standard InChI is InChI=1S/C17H25ClN4O2.HI/c1-19-17(20-10-16-12-23-7-8-24-16)21-14-5-6-22(11-14)15-4-2-3-13(18)9-15;/h2-4,9,14,16H,5-8,10-12H2,1H3,(H2,19,20,21);1H. The van der Waals surface area contributed by atoms with Crippen LogP contribution in [0, 0.1) is 0 Å². The van der Waals surface area contributed by atoms with Gasteiger partial charge < -0.3 is 25.0 Å². The summed E-state index contributed by atoms with van der Waals surface area (Å²) >= 11 is 6.09. The van der Waals surface area contributed by atoms with Gasteiger partial charge >= 0.3 is 0 Å². The fourth-order valence-corrected chi connectivity index (χ4v) is 3.22. The molecule has 2 atom stereocenters. The normalized spacial score (nSPS) is 23.9. The summed E-state index contributed by atoms with van der Waals surface area (Å²) in [5.74, 6) is 0.808. The SMILES string of the molecule is CN=C(NCC1COCCO1)NC1CCN(c2cccc(Cl)c2)C1.I. The van der Waals surface area contributed by atoms with E-state index < -0.39 is 0 Å². The molecule has 1 aromatic carbocycles. The highest BCUT2D eigenvalue weighted by Crippen LogP contribution is 2.23. The topological polar surface area (TPSA) is 58.1 Å². The monoisotopic (exact) mass is 480 g/mol. The molecule has 3 rings (SSSR count). The van der Waals surface area contributed by atoms with Crippen LogP contribution in [0.25, 0.3) is 0 Å². The zero-order valence-electron chi connectivity index (χ0n) is 14.4. The first-order chi connectivity index (χ1) is 11.7. The second-order valence-electron chi connectivity index (χ2n) is 6.08. The Labute approximate surface area is 171 Å². The first-order valence-corrected chi connectivity index (χ1v) is 8.79. The smallest absolute Gasteiger partial charge is 0.191 e. The Hall–Kier alpha value is -0.770. The van der Waals surface area contributed by atoms with Crippen LogP contribution in [0.5, 0.6) is 0 Å². The molecule has 2 aliphatic rings. The summed E-state index contributed by atoms with van der Waals surface area (Å²) in [5.41, 5.74) is 1.17. The maximum atomic E-state index is 6.09. The Morgan fingerprint density at radius 3 is 3.00 bits per heavy atom. The minimum Gasteiger partial charge on any atom is -0.376 e. The number of ether oxygens (including phenoxy) is 2. The lowest BCUT2D eigenvalue weighted by molar-refractivity contribution is -0.0850. The maximum absolute atomic E-state index is 6.09. The number of hydrogen-bond donors (Lipinski definition) is 2. The van der Waals surface area contributed by atoms with E-state index in [2.05, 4.69) is 26.6 Å². The molecule has 2 aliphatic heterocycles.